The molecule has 14 nitrogen and oxygen atoms in total. The van der Waals surface area contributed by atoms with Crippen molar-refractivity contribution in [2.24, 2.45) is 0 Å². The number of aliphatic hydroxyl groups is 3. The smallest absolute Gasteiger partial charge is 0.222 e. The number of aliphatic hydroxyl groups excluding tert-OH is 3. The van der Waals surface area contributed by atoms with Gasteiger partial charge in [-0.3, -0.25) is 9.59 Å². The van der Waals surface area contributed by atoms with Gasteiger partial charge in [-0.15, -0.1) is 0 Å². The van der Waals surface area contributed by atoms with Gasteiger partial charge in [0.2, 0.25) is 11.8 Å². The third-order valence-electron chi connectivity index (χ3n) is 5.10. The highest BCUT2D eigenvalue weighted by Gasteiger charge is 2.42. The van der Waals surface area contributed by atoms with Gasteiger partial charge in [0.1, 0.15) is 18.3 Å². The van der Waals surface area contributed by atoms with Crippen LogP contribution in [0, 0.1) is 0 Å². The molecule has 0 bridgehead atoms. The van der Waals surface area contributed by atoms with E-state index in [4.69, 9.17) is 33.2 Å². The molecule has 2 amide bonds. The van der Waals surface area contributed by atoms with Crippen LogP contribution in [0.4, 0.5) is 0 Å². The van der Waals surface area contributed by atoms with Crippen molar-refractivity contribution in [1.82, 2.24) is 10.6 Å². The van der Waals surface area contributed by atoms with E-state index in [1.807, 2.05) is 0 Å². The van der Waals surface area contributed by atoms with Crippen molar-refractivity contribution in [3.63, 3.8) is 0 Å². The lowest BCUT2D eigenvalue weighted by Crippen LogP contribution is -2.57. The maximum Gasteiger partial charge on any atom is 0.222 e. The second-order valence-electron chi connectivity index (χ2n) is 8.20. The largest absolute Gasteiger partial charge is 0.388 e. The van der Waals surface area contributed by atoms with E-state index < -0.39 is 30.7 Å². The lowest BCUT2D eigenvalue weighted by Gasteiger charge is -2.38. The number of carbonyl (C=O) groups is 2. The van der Waals surface area contributed by atoms with Gasteiger partial charge in [0.25, 0.3) is 0 Å². The van der Waals surface area contributed by atoms with Crippen LogP contribution in [0.2, 0.25) is 0 Å². The van der Waals surface area contributed by atoms with Crippen LogP contribution in [0.25, 0.3) is 0 Å². The first-order chi connectivity index (χ1) is 17.8. The molecule has 14 heteroatoms. The molecule has 1 aliphatic rings. The maximum atomic E-state index is 11.8. The molecular weight excluding hydrogens is 496 g/mol. The lowest BCUT2D eigenvalue weighted by atomic mass is 10.0. The maximum absolute atomic E-state index is 11.8. The average molecular weight is 541 g/mol. The molecule has 37 heavy (non-hydrogen) atoms. The van der Waals surface area contributed by atoms with Gasteiger partial charge >= 0.3 is 0 Å². The van der Waals surface area contributed by atoms with Gasteiger partial charge in [0.15, 0.2) is 6.29 Å². The Kier molecular flexibility index (Phi) is 19.5. The van der Waals surface area contributed by atoms with Gasteiger partial charge < -0.3 is 59.1 Å². The Morgan fingerprint density at radius 1 is 0.676 bits per heavy atom. The summed E-state index contributed by atoms with van der Waals surface area (Å²) in [6.45, 7) is 7.69. The molecule has 0 aromatic carbocycles. The zero-order valence-electron chi connectivity index (χ0n) is 21.8. The van der Waals surface area contributed by atoms with Crippen molar-refractivity contribution < 1.29 is 58.1 Å². The molecular formula is C23H44N2O12. The minimum Gasteiger partial charge on any atom is -0.388 e. The zero-order valence-corrected chi connectivity index (χ0v) is 21.8. The summed E-state index contributed by atoms with van der Waals surface area (Å²) in [5, 5.41) is 34.6. The summed E-state index contributed by atoms with van der Waals surface area (Å²) >= 11 is 0. The van der Waals surface area contributed by atoms with Gasteiger partial charge in [0, 0.05) is 26.4 Å². The quantitative estimate of drug-likeness (QED) is 0.0916. The minimum absolute atomic E-state index is 0.0828. The predicted octanol–water partition coefficient (Wildman–Crippen LogP) is -2.44. The summed E-state index contributed by atoms with van der Waals surface area (Å²) in [7, 11) is 0. The number of hydrogen-bond acceptors (Lipinski definition) is 12. The molecule has 1 rings (SSSR count). The minimum atomic E-state index is -1.35. The summed E-state index contributed by atoms with van der Waals surface area (Å²) < 4.78 is 37.4. The van der Waals surface area contributed by atoms with Crippen LogP contribution in [-0.2, 0) is 42.7 Å². The molecule has 0 aliphatic carbocycles. The Morgan fingerprint density at radius 2 is 1.16 bits per heavy atom. The van der Waals surface area contributed by atoms with E-state index in [9.17, 15) is 24.9 Å². The van der Waals surface area contributed by atoms with E-state index >= 15 is 0 Å². The van der Waals surface area contributed by atoms with Crippen LogP contribution in [-0.4, -0.2) is 144 Å². The molecule has 0 saturated carbocycles. The first-order valence-electron chi connectivity index (χ1n) is 12.5. The van der Waals surface area contributed by atoms with Gasteiger partial charge in [0.05, 0.1) is 78.8 Å². The molecule has 5 N–H and O–H groups in total. The van der Waals surface area contributed by atoms with Crippen LogP contribution in [0.3, 0.4) is 0 Å². The molecule has 0 spiro atoms. The number of carbonyl (C=O) groups excluding carboxylic acids is 2. The summed E-state index contributed by atoms with van der Waals surface area (Å²) in [6.07, 6.45) is -5.36. The molecule has 218 valence electrons. The molecule has 0 aromatic rings. The van der Waals surface area contributed by atoms with Crippen LogP contribution in [0.1, 0.15) is 20.3 Å². The fraction of sp³-hybridized carbons (Fsp3) is 0.913. The highest BCUT2D eigenvalue weighted by atomic mass is 16.7. The van der Waals surface area contributed by atoms with Crippen molar-refractivity contribution in [2.45, 2.75) is 51.0 Å². The van der Waals surface area contributed by atoms with Crippen LogP contribution >= 0.6 is 0 Å². The number of nitrogens with one attached hydrogen (secondary N) is 2. The van der Waals surface area contributed by atoms with Crippen molar-refractivity contribution in [3.8, 4) is 0 Å². The normalized spacial score (nSPS) is 23.6. The first kappa shape index (κ1) is 33.6. The van der Waals surface area contributed by atoms with E-state index in [1.165, 1.54) is 6.92 Å². The monoisotopic (exact) mass is 540 g/mol. The predicted molar refractivity (Wildman–Crippen MR) is 129 cm³/mol. The summed E-state index contributed by atoms with van der Waals surface area (Å²) in [4.78, 5) is 22.4. The Bertz CT molecular complexity index is 600. The highest BCUT2D eigenvalue weighted by Crippen LogP contribution is 2.21. The van der Waals surface area contributed by atoms with Crippen LogP contribution in [0.15, 0.2) is 0 Å². The van der Waals surface area contributed by atoms with Crippen LogP contribution in [0.5, 0.6) is 0 Å². The van der Waals surface area contributed by atoms with Gasteiger partial charge in [-0.1, -0.05) is 0 Å². The molecule has 0 unspecified atom stereocenters. The lowest BCUT2D eigenvalue weighted by molar-refractivity contribution is -0.294. The summed E-state index contributed by atoms with van der Waals surface area (Å²) in [5.74, 6) is -0.241. The first-order valence-corrected chi connectivity index (χ1v) is 12.5. The third-order valence-corrected chi connectivity index (χ3v) is 5.10. The van der Waals surface area contributed by atoms with Crippen molar-refractivity contribution >= 4 is 11.8 Å². The molecule has 1 saturated heterocycles. The molecule has 1 fully saturated rings. The molecule has 5 atom stereocenters. The van der Waals surface area contributed by atoms with Crippen molar-refractivity contribution in [2.75, 3.05) is 85.8 Å². The topological polar surface area (TPSA) is 184 Å². The van der Waals surface area contributed by atoms with E-state index in [0.29, 0.717) is 59.3 Å². The van der Waals surface area contributed by atoms with Crippen molar-refractivity contribution in [1.29, 1.82) is 0 Å². The standard InChI is InChI=1S/C23H44N2O12/c1-17-20(28)21(29)22(30)23(37-17)36-16-15-33-8-5-25-19(27)3-6-31-9-11-34-13-14-35-12-10-32-7-4-24-18(2)26/h17,20-23,28-30H,3-16H2,1-2H3,(H,24,26)(H,25,27)/t17-,20-,21+,22+,23+/m0/s1. The van der Waals surface area contributed by atoms with E-state index in [-0.39, 0.29) is 44.7 Å². The second-order valence-corrected chi connectivity index (χ2v) is 8.20. The molecule has 1 heterocycles. The van der Waals surface area contributed by atoms with E-state index in [1.54, 1.807) is 6.92 Å². The molecule has 0 aromatic heterocycles. The number of ether oxygens (including phenoxy) is 7. The SMILES string of the molecule is CC(=O)NCCOCCOCCOCCOCCC(=O)NCCOCCO[C@@H]1O[C@@H](C)[C@H](O)[C@@H](O)[C@H]1O. The fourth-order valence-corrected chi connectivity index (χ4v) is 3.05. The van der Waals surface area contributed by atoms with E-state index in [2.05, 4.69) is 10.6 Å². The number of hydrogen-bond donors (Lipinski definition) is 5. The Morgan fingerprint density at radius 3 is 1.73 bits per heavy atom. The Labute approximate surface area is 217 Å². The summed E-state index contributed by atoms with van der Waals surface area (Å²) in [5.41, 5.74) is 0. The third kappa shape index (κ3) is 16.9. The van der Waals surface area contributed by atoms with Gasteiger partial charge in [-0.2, -0.15) is 0 Å². The average Bonchev–Trinajstić information content (AvgIpc) is 2.87. The van der Waals surface area contributed by atoms with Crippen molar-refractivity contribution in [3.05, 3.63) is 0 Å². The summed E-state index contributed by atoms with van der Waals surface area (Å²) in [6, 6.07) is 0. The zero-order chi connectivity index (χ0) is 27.3. The highest BCUT2D eigenvalue weighted by molar-refractivity contribution is 5.75. The Hall–Kier alpha value is -1.46. The molecule has 0 radical (unpaired) electrons. The van der Waals surface area contributed by atoms with Crippen LogP contribution < -0.4 is 10.6 Å². The Balaban J connectivity index is 1.81. The number of amides is 2. The van der Waals surface area contributed by atoms with Gasteiger partial charge in [-0.25, -0.2) is 0 Å². The molecule has 1 aliphatic heterocycles. The fourth-order valence-electron chi connectivity index (χ4n) is 3.05. The second kappa shape index (κ2) is 21.5. The van der Waals surface area contributed by atoms with E-state index in [0.717, 1.165) is 0 Å². The number of rotatable bonds is 22. The van der Waals surface area contributed by atoms with Gasteiger partial charge in [-0.05, 0) is 6.92 Å².